The predicted molar refractivity (Wildman–Crippen MR) is 32.9 cm³/mol. The lowest BCUT2D eigenvalue weighted by atomic mass is 10.2. The molecule has 42 valence electrons. The molecule has 0 fully saturated rings. The Morgan fingerprint density at radius 3 is 2.44 bits per heavy atom. The second-order valence-electron chi connectivity index (χ2n) is 2.15. The van der Waals surface area contributed by atoms with E-state index in [0.29, 0.717) is 0 Å². The number of pyridine rings is 1. The number of nitrogens with zero attached hydrogens (tertiary/aromatic N) is 3. The van der Waals surface area contributed by atoms with E-state index >= 15 is 0 Å². The lowest BCUT2D eigenvalue weighted by Crippen LogP contribution is -1.91. The normalized spacial score (nSPS) is 12.4. The summed E-state index contributed by atoms with van der Waals surface area (Å²) in [6, 6.07) is 6.05. The zero-order valence-corrected chi connectivity index (χ0v) is 4.57. The van der Waals surface area contributed by atoms with Crippen LogP contribution in [-0.2, 0) is 0 Å². The third-order valence-electron chi connectivity index (χ3n) is 1.68. The number of hydrogen-bond donors (Lipinski definition) is 0. The molecule has 0 spiro atoms. The van der Waals surface area contributed by atoms with Crippen molar-refractivity contribution in [2.45, 2.75) is 0 Å². The molecule has 9 heavy (non-hydrogen) atoms. The Kier molecular flexibility index (Phi) is 0.344. The van der Waals surface area contributed by atoms with Crippen molar-refractivity contribution in [1.29, 1.82) is 0 Å². The monoisotopic (exact) mass is 117 g/mol. The van der Waals surface area contributed by atoms with E-state index in [4.69, 9.17) is 0 Å². The van der Waals surface area contributed by atoms with Gasteiger partial charge in [0.15, 0.2) is 0 Å². The van der Waals surface area contributed by atoms with Crippen LogP contribution in [0.15, 0.2) is 18.2 Å². The third kappa shape index (κ3) is 0.215. The number of fused-ring (bicyclic) bond motifs is 3. The summed E-state index contributed by atoms with van der Waals surface area (Å²) in [4.78, 5) is 0. The topological polar surface area (TPSA) is 30.2 Å². The fraction of sp³-hybridized carbons (Fsp3) is 0. The van der Waals surface area contributed by atoms with Gasteiger partial charge in [-0.05, 0) is 12.1 Å². The summed E-state index contributed by atoms with van der Waals surface area (Å²) in [5, 5.41) is 7.77. The first-order chi connectivity index (χ1) is 4.47. The number of aromatic nitrogens is 3. The zero-order valence-electron chi connectivity index (χ0n) is 4.57. The van der Waals surface area contributed by atoms with Gasteiger partial charge in [0.2, 0.25) is 0 Å². The smallest absolute Gasteiger partial charge is 0.139 e. The Balaban J connectivity index is 2.91. The summed E-state index contributed by atoms with van der Waals surface area (Å²) >= 11 is 0. The molecule has 0 N–H and O–H groups in total. The van der Waals surface area contributed by atoms with Crippen molar-refractivity contribution in [3.8, 4) is 0 Å². The summed E-state index contributed by atoms with van der Waals surface area (Å²) in [7, 11) is 0. The summed E-state index contributed by atoms with van der Waals surface area (Å²) in [5.41, 5.74) is 3.34. The molecule has 0 aliphatic carbocycles. The fourth-order valence-electron chi connectivity index (χ4n) is 1.23. The van der Waals surface area contributed by atoms with E-state index in [1.54, 1.807) is 0 Å². The number of rotatable bonds is 0. The molecule has 3 heteroatoms. The van der Waals surface area contributed by atoms with Crippen molar-refractivity contribution in [3.05, 3.63) is 18.2 Å². The van der Waals surface area contributed by atoms with Crippen molar-refractivity contribution >= 4 is 16.6 Å². The first kappa shape index (κ1) is 3.61. The fourth-order valence-corrected chi connectivity index (χ4v) is 1.23. The molecule has 0 aliphatic rings. The minimum atomic E-state index is 1.05. The molecule has 0 radical (unpaired) electrons. The molecule has 5 aromatic rings. The van der Waals surface area contributed by atoms with Gasteiger partial charge in [0.05, 0.1) is 11.0 Å². The number of benzene rings is 1. The van der Waals surface area contributed by atoms with Gasteiger partial charge in [-0.3, -0.25) is 0 Å². The maximum absolute atomic E-state index is 3.91. The van der Waals surface area contributed by atoms with E-state index in [2.05, 4.69) is 10.3 Å². The van der Waals surface area contributed by atoms with Crippen LogP contribution in [-0.4, -0.2) is 14.8 Å². The van der Waals surface area contributed by atoms with Gasteiger partial charge < -0.3 is 0 Å². The molecule has 3 nitrogen and oxygen atoms in total. The van der Waals surface area contributed by atoms with Crippen molar-refractivity contribution in [2.24, 2.45) is 0 Å². The molecule has 1 aromatic carbocycles. The van der Waals surface area contributed by atoms with Gasteiger partial charge in [-0.25, -0.2) is 4.52 Å². The summed E-state index contributed by atoms with van der Waals surface area (Å²) in [5.74, 6) is 0. The highest BCUT2D eigenvalue weighted by Gasteiger charge is 2.13. The molecule has 5 rings (SSSR count). The average Bonchev–Trinajstić information content (AvgIpc) is 2.48. The lowest BCUT2D eigenvalue weighted by molar-refractivity contribution is 0.909. The van der Waals surface area contributed by atoms with Gasteiger partial charge in [-0.15, -0.1) is 5.10 Å². The van der Waals surface area contributed by atoms with Gasteiger partial charge in [0, 0.05) is 0 Å². The largest absolute Gasteiger partial charge is 0.210 e. The Labute approximate surface area is 50.6 Å². The first-order valence-electron chi connectivity index (χ1n) is 2.81. The van der Waals surface area contributed by atoms with Crippen molar-refractivity contribution in [1.82, 2.24) is 14.8 Å². The van der Waals surface area contributed by atoms with E-state index in [-0.39, 0.29) is 0 Å². The summed E-state index contributed by atoms with van der Waals surface area (Å²) in [6.07, 6.45) is 0. The molecule has 4 bridgehead atoms. The molecule has 0 unspecified atom stereocenters. The van der Waals surface area contributed by atoms with E-state index in [0.717, 1.165) is 16.6 Å². The molecule has 0 amide bonds. The van der Waals surface area contributed by atoms with E-state index in [1.807, 2.05) is 22.7 Å². The van der Waals surface area contributed by atoms with Gasteiger partial charge >= 0.3 is 0 Å². The van der Waals surface area contributed by atoms with Crippen molar-refractivity contribution in [2.75, 3.05) is 0 Å². The van der Waals surface area contributed by atoms with E-state index in [9.17, 15) is 0 Å². The molecular formula is C6H3N3. The van der Waals surface area contributed by atoms with Crippen LogP contribution in [0, 0.1) is 0 Å². The Morgan fingerprint density at radius 2 is 2.00 bits per heavy atom. The third-order valence-corrected chi connectivity index (χ3v) is 1.68. The lowest BCUT2D eigenvalue weighted by Gasteiger charge is -2.00. The van der Waals surface area contributed by atoms with Crippen molar-refractivity contribution < 1.29 is 0 Å². The van der Waals surface area contributed by atoms with Gasteiger partial charge in [0.1, 0.15) is 5.52 Å². The molecule has 4 heterocycles. The average molecular weight is 117 g/mol. The van der Waals surface area contributed by atoms with Crippen LogP contribution in [0.2, 0.25) is 0 Å². The van der Waals surface area contributed by atoms with Crippen LogP contribution in [0.1, 0.15) is 0 Å². The van der Waals surface area contributed by atoms with Gasteiger partial charge in [-0.2, -0.15) is 0 Å². The van der Waals surface area contributed by atoms with Crippen LogP contribution in [0.25, 0.3) is 16.6 Å². The van der Waals surface area contributed by atoms with Crippen LogP contribution in [0.5, 0.6) is 0 Å². The standard InChI is InChI=1S/C6H3N3/c1-2-4-6-5(3-1)9(4)8-7-6/h1-3H. The quantitative estimate of drug-likeness (QED) is 0.435. The summed E-state index contributed by atoms with van der Waals surface area (Å²) < 4.78 is 1.84. The number of hydrogen-bond acceptors (Lipinski definition) is 2. The predicted octanol–water partition coefficient (Wildman–Crippen LogP) is 0.758. The second-order valence-corrected chi connectivity index (χ2v) is 2.15. The van der Waals surface area contributed by atoms with Crippen LogP contribution in [0.3, 0.4) is 0 Å². The molecular weight excluding hydrogens is 114 g/mol. The zero-order chi connectivity index (χ0) is 5.84. The second kappa shape index (κ2) is 0.857. The Hall–Kier alpha value is -1.38. The minimum absolute atomic E-state index is 1.05. The highest BCUT2D eigenvalue weighted by Crippen LogP contribution is 2.24. The van der Waals surface area contributed by atoms with Crippen LogP contribution >= 0.6 is 0 Å². The first-order valence-corrected chi connectivity index (χ1v) is 2.81. The van der Waals surface area contributed by atoms with Crippen LogP contribution < -0.4 is 0 Å². The molecule has 4 aromatic heterocycles. The van der Waals surface area contributed by atoms with Crippen molar-refractivity contribution in [3.63, 3.8) is 0 Å². The minimum Gasteiger partial charge on any atom is -0.210 e. The molecule has 0 saturated heterocycles. The molecule has 0 atom stereocenters. The Morgan fingerprint density at radius 1 is 1.22 bits per heavy atom. The van der Waals surface area contributed by atoms with Crippen LogP contribution in [0.4, 0.5) is 0 Å². The SMILES string of the molecule is c1cc2c3nnn2c3c1. The van der Waals surface area contributed by atoms with Gasteiger partial charge in [-0.1, -0.05) is 11.3 Å². The Bertz CT molecular complexity index is 359. The van der Waals surface area contributed by atoms with Gasteiger partial charge in [0.25, 0.3) is 0 Å². The highest BCUT2D eigenvalue weighted by atomic mass is 15.4. The summed E-state index contributed by atoms with van der Waals surface area (Å²) in [6.45, 7) is 0. The van der Waals surface area contributed by atoms with E-state index < -0.39 is 0 Å². The molecule has 0 aliphatic heterocycles. The maximum Gasteiger partial charge on any atom is 0.139 e. The van der Waals surface area contributed by atoms with E-state index in [1.165, 1.54) is 0 Å². The molecule has 0 saturated carbocycles. The highest BCUT2D eigenvalue weighted by molar-refractivity contribution is 5.98. The maximum atomic E-state index is 3.91.